The van der Waals surface area contributed by atoms with Crippen molar-refractivity contribution in [3.63, 3.8) is 0 Å². The maximum Gasteiger partial charge on any atom is 0.274 e. The van der Waals surface area contributed by atoms with Gasteiger partial charge >= 0.3 is 0 Å². The van der Waals surface area contributed by atoms with Gasteiger partial charge in [0, 0.05) is 150 Å². The quantitative estimate of drug-likeness (QED) is 0.1000. The third-order valence-corrected chi connectivity index (χ3v) is 23.2. The van der Waals surface area contributed by atoms with Crippen molar-refractivity contribution >= 4 is 60.4 Å². The number of rotatable bonds is 15. The van der Waals surface area contributed by atoms with Gasteiger partial charge in [0.05, 0.1) is 81.7 Å². The van der Waals surface area contributed by atoms with Crippen LogP contribution in [0.3, 0.4) is 0 Å². The smallest absolute Gasteiger partial charge is 0.274 e. The molecule has 12 aromatic rings. The van der Waals surface area contributed by atoms with E-state index in [0.717, 1.165) is 144 Å². The number of morpholine rings is 1. The average Bonchev–Trinajstić information content (AvgIpc) is 1.60. The highest BCUT2D eigenvalue weighted by Crippen LogP contribution is 2.42. The van der Waals surface area contributed by atoms with Gasteiger partial charge < -0.3 is 38.8 Å². The van der Waals surface area contributed by atoms with Crippen LogP contribution >= 0.6 is 0 Å². The van der Waals surface area contributed by atoms with Crippen molar-refractivity contribution in [3.8, 4) is 50.6 Å². The number of alkyl halides is 3. The highest BCUT2D eigenvalue weighted by Gasteiger charge is 2.33. The zero-order chi connectivity index (χ0) is 76.6. The van der Waals surface area contributed by atoms with Gasteiger partial charge in [0.15, 0.2) is 9.84 Å². The van der Waals surface area contributed by atoms with Crippen molar-refractivity contribution in [2.24, 2.45) is 0 Å². The second kappa shape index (κ2) is 31.7. The standard InChI is InChI=1S/C28H30FN5O3.C27H28FN5O4S.C27H28FN5O3/c1-18(29)37-26-7-3-2-5-22(26)24-6-4-12-33-27(36)23-9-8-19(15-25(23)34(24)33)20-16-30-28(31-17-20)32-13-10-21(35)11-14-32;1-18(28)37-25-7-3-2-5-21(25)23-6-4-10-32-26(34)22-9-8-19(15-24(22)33(23)32)20-16-29-27(30-17-20)31-11-13-38(35,36)14-12-31;1-18(28)36-25-7-3-2-5-21(25)23-6-4-10-32-26(34)22-9-8-19(15-24(22)33(23)32)20-16-29-27(30-17-20)31-11-13-35-14-12-31/h2-3,5,7-9,15-18,21,24,35H,4,6,10-14H2,1H3;2-3,5,7-9,15-18,23H,4,6,10-14H2,1H3;2-3,5,7-9,15-18,23H,4,6,10-14H2,1H3. The minimum Gasteiger partial charge on any atom is -0.460 e. The molecule has 6 aliphatic rings. The maximum atomic E-state index is 13.8. The van der Waals surface area contributed by atoms with Crippen molar-refractivity contribution in [2.75, 3.05) is 78.7 Å². The normalized spacial score (nSPS) is 19.2. The van der Waals surface area contributed by atoms with Crippen molar-refractivity contribution < 1.29 is 45.6 Å². The zero-order valence-electron chi connectivity index (χ0n) is 61.9. The molecule has 0 radical (unpaired) electrons. The number of aliphatic hydroxyl groups is 1. The summed E-state index contributed by atoms with van der Waals surface area (Å²) in [5.74, 6) is 3.53. The molecule has 0 saturated carbocycles. The molecule has 576 valence electrons. The van der Waals surface area contributed by atoms with Crippen LogP contribution in [0.4, 0.5) is 31.0 Å². The summed E-state index contributed by atoms with van der Waals surface area (Å²) >= 11 is 0. The summed E-state index contributed by atoms with van der Waals surface area (Å²) < 4.78 is 98.2. The van der Waals surface area contributed by atoms with E-state index in [4.69, 9.17) is 18.9 Å². The Hall–Kier alpha value is -11.2. The fraction of sp³-hybridized carbons (Fsp3) is 0.378. The van der Waals surface area contributed by atoms with Gasteiger partial charge in [-0.2, -0.15) is 0 Å². The van der Waals surface area contributed by atoms with Crippen molar-refractivity contribution in [1.82, 2.24) is 58.0 Å². The fourth-order valence-corrected chi connectivity index (χ4v) is 17.5. The molecular formula is C82H86F3N15O10S. The van der Waals surface area contributed by atoms with Crippen LogP contribution in [-0.2, 0) is 34.2 Å². The number of hydrogen-bond acceptors (Lipinski definition) is 19. The largest absolute Gasteiger partial charge is 0.460 e. The van der Waals surface area contributed by atoms with Crippen molar-refractivity contribution in [2.45, 2.75) is 135 Å². The Balaban J connectivity index is 0.000000126. The molecule has 6 unspecified atom stereocenters. The van der Waals surface area contributed by atoms with E-state index in [1.165, 1.54) is 20.8 Å². The summed E-state index contributed by atoms with van der Waals surface area (Å²) in [6, 6.07) is 39.3. The lowest BCUT2D eigenvalue weighted by atomic mass is 9.99. The van der Waals surface area contributed by atoms with Gasteiger partial charge in [-0.25, -0.2) is 65.5 Å². The molecule has 3 saturated heterocycles. The Bertz CT molecular complexity index is 5660. The summed E-state index contributed by atoms with van der Waals surface area (Å²) in [6.45, 7) is 11.1. The van der Waals surface area contributed by atoms with Crippen LogP contribution in [0.15, 0.2) is 179 Å². The molecule has 12 heterocycles. The number of hydrogen-bond donors (Lipinski definition) is 1. The van der Waals surface area contributed by atoms with E-state index in [2.05, 4.69) is 44.4 Å². The molecule has 6 aromatic carbocycles. The lowest BCUT2D eigenvalue weighted by molar-refractivity contribution is 0.0832. The molecule has 0 amide bonds. The number of anilines is 3. The van der Waals surface area contributed by atoms with E-state index in [1.54, 1.807) is 44.6 Å². The topological polar surface area (TPSA) is 259 Å². The fourth-order valence-electron chi connectivity index (χ4n) is 16.3. The zero-order valence-corrected chi connectivity index (χ0v) is 62.7. The molecule has 1 N–H and O–H groups in total. The van der Waals surface area contributed by atoms with E-state index in [9.17, 15) is 41.1 Å². The maximum absolute atomic E-state index is 13.8. The highest BCUT2D eigenvalue weighted by atomic mass is 32.2. The minimum absolute atomic E-state index is 0.0163. The number of halogens is 3. The van der Waals surface area contributed by atoms with Crippen molar-refractivity contribution in [3.05, 3.63) is 212 Å². The van der Waals surface area contributed by atoms with Crippen LogP contribution < -0.4 is 45.6 Å². The Morgan fingerprint density at radius 1 is 0.405 bits per heavy atom. The number of ether oxygens (including phenoxy) is 4. The SMILES string of the molecule is CC(F)Oc1ccccc1C1CCCn2c(=O)c3ccc(-c4cnc(N5CCC(O)CC5)nc4)cc3n21.CC(F)Oc1ccccc1C1CCCn2c(=O)c3ccc(-c4cnc(N5CCOCC5)nc4)cc3n21.CC(F)Oc1ccccc1C1CCCn2c(=O)c3ccc(-c4cnc(N5CCS(=O)(=O)CC5)nc4)cc3n21. The van der Waals surface area contributed by atoms with Crippen LogP contribution in [0, 0.1) is 0 Å². The monoisotopic (exact) mass is 1530 g/mol. The number of nitrogens with zero attached hydrogens (tertiary/aromatic N) is 15. The van der Waals surface area contributed by atoms with E-state index >= 15 is 0 Å². The molecule has 111 heavy (non-hydrogen) atoms. The third kappa shape index (κ3) is 15.2. The number of benzene rings is 6. The lowest BCUT2D eigenvalue weighted by Gasteiger charge is -2.30. The summed E-state index contributed by atoms with van der Waals surface area (Å²) in [6.07, 6.45) is 12.5. The molecule has 6 atom stereocenters. The average molecular weight is 1530 g/mol. The molecule has 3 fully saturated rings. The van der Waals surface area contributed by atoms with E-state index in [1.807, 2.05) is 148 Å². The van der Waals surface area contributed by atoms with Crippen LogP contribution in [-0.4, -0.2) is 161 Å². The van der Waals surface area contributed by atoms with Gasteiger partial charge in [-0.05, 0) is 123 Å². The summed E-state index contributed by atoms with van der Waals surface area (Å²) in [5.41, 5.74) is 10.2. The lowest BCUT2D eigenvalue weighted by Crippen LogP contribution is -2.41. The van der Waals surface area contributed by atoms with E-state index in [-0.39, 0.29) is 52.4 Å². The molecule has 6 aromatic heterocycles. The Labute approximate surface area is 637 Å². The van der Waals surface area contributed by atoms with E-state index < -0.39 is 28.9 Å². The second-order valence-corrected chi connectivity index (χ2v) is 31.2. The molecule has 29 heteroatoms. The first-order valence-corrected chi connectivity index (χ1v) is 39.8. The Kier molecular flexibility index (Phi) is 21.1. The van der Waals surface area contributed by atoms with Crippen molar-refractivity contribution in [1.29, 1.82) is 0 Å². The third-order valence-electron chi connectivity index (χ3n) is 21.6. The number of aliphatic hydroxyl groups excluding tert-OH is 1. The van der Waals surface area contributed by atoms with Crippen LogP contribution in [0.1, 0.15) is 107 Å². The molecule has 25 nitrogen and oxygen atoms in total. The molecule has 18 rings (SSSR count). The van der Waals surface area contributed by atoms with Gasteiger partial charge in [0.25, 0.3) is 16.7 Å². The van der Waals surface area contributed by atoms with Crippen LogP contribution in [0.5, 0.6) is 17.2 Å². The summed E-state index contributed by atoms with van der Waals surface area (Å²) in [7, 11) is -2.99. The van der Waals surface area contributed by atoms with Crippen LogP contribution in [0.25, 0.3) is 66.1 Å². The molecular weight excluding hydrogens is 1440 g/mol. The van der Waals surface area contributed by atoms with Gasteiger partial charge in [-0.15, -0.1) is 0 Å². The van der Waals surface area contributed by atoms with Gasteiger partial charge in [-0.1, -0.05) is 72.8 Å². The summed E-state index contributed by atoms with van der Waals surface area (Å²) in [5, 5.41) is 11.7. The molecule has 0 aliphatic carbocycles. The predicted octanol–water partition coefficient (Wildman–Crippen LogP) is 12.0. The Morgan fingerprint density at radius 3 is 1.04 bits per heavy atom. The highest BCUT2D eigenvalue weighted by molar-refractivity contribution is 7.91. The Morgan fingerprint density at radius 2 is 0.712 bits per heavy atom. The van der Waals surface area contributed by atoms with Gasteiger partial charge in [0.1, 0.15) is 17.2 Å². The first-order valence-electron chi connectivity index (χ1n) is 38.0. The number of para-hydroxylation sites is 3. The van der Waals surface area contributed by atoms with Gasteiger partial charge in [-0.3, -0.25) is 28.4 Å². The molecule has 6 aliphatic heterocycles. The second-order valence-electron chi connectivity index (χ2n) is 28.9. The van der Waals surface area contributed by atoms with Gasteiger partial charge in [0.2, 0.25) is 36.9 Å². The first kappa shape index (κ1) is 73.9. The van der Waals surface area contributed by atoms with Crippen LogP contribution in [0.2, 0.25) is 0 Å². The number of sulfone groups is 1. The minimum atomic E-state index is -2.99. The van der Waals surface area contributed by atoms with E-state index in [0.29, 0.717) is 97.2 Å². The number of piperidine rings is 1. The number of fused-ring (bicyclic) bond motifs is 9. The number of aromatic nitrogens is 12. The summed E-state index contributed by atoms with van der Waals surface area (Å²) in [4.78, 5) is 73.3. The molecule has 0 spiro atoms. The first-order chi connectivity index (χ1) is 53.9. The predicted molar refractivity (Wildman–Crippen MR) is 418 cm³/mol. The molecule has 0 bridgehead atoms.